The van der Waals surface area contributed by atoms with Crippen LogP contribution in [-0.2, 0) is 19.2 Å². The van der Waals surface area contributed by atoms with Crippen LogP contribution < -0.4 is 0 Å². The smallest absolute Gasteiger partial charge is 0.432 e. The van der Waals surface area contributed by atoms with Crippen LogP contribution in [-0.4, -0.2) is 24.5 Å². The van der Waals surface area contributed by atoms with Crippen molar-refractivity contribution in [1.29, 1.82) is 0 Å². The second-order valence-corrected chi connectivity index (χ2v) is 3.31. The Kier molecular flexibility index (Phi) is 4.76. The first-order chi connectivity index (χ1) is 6.35. The van der Waals surface area contributed by atoms with Crippen molar-refractivity contribution in [3.8, 4) is 0 Å². The van der Waals surface area contributed by atoms with E-state index in [0.29, 0.717) is 0 Å². The summed E-state index contributed by atoms with van der Waals surface area (Å²) in [4.78, 5) is 29.3. The van der Waals surface area contributed by atoms with E-state index in [1.54, 1.807) is 27.7 Å². The molecule has 0 aromatic heterocycles. The molecule has 0 bridgehead atoms. The summed E-state index contributed by atoms with van der Waals surface area (Å²) in [6.45, 7) is 6.68. The Balaban J connectivity index is 3.70. The molecule has 0 heterocycles. The Morgan fingerprint density at radius 1 is 1.07 bits per heavy atom. The normalized spacial score (nSPS) is 10.3. The molecular formula is C8H14O6. The van der Waals surface area contributed by atoms with E-state index in [4.69, 9.17) is 0 Å². The molecule has 0 aromatic rings. The molecule has 0 unspecified atom stereocenters. The fourth-order valence-electron chi connectivity index (χ4n) is 0.477. The highest BCUT2D eigenvalue weighted by Gasteiger charge is 2.19. The van der Waals surface area contributed by atoms with Crippen molar-refractivity contribution >= 4 is 12.3 Å². The van der Waals surface area contributed by atoms with Crippen molar-refractivity contribution in [2.24, 2.45) is 0 Å². The van der Waals surface area contributed by atoms with Gasteiger partial charge in [-0.3, -0.25) is 0 Å². The molecule has 0 spiro atoms. The van der Waals surface area contributed by atoms with Gasteiger partial charge >= 0.3 is 12.3 Å². The largest absolute Gasteiger partial charge is 0.550 e. The maximum absolute atomic E-state index is 10.8. The predicted octanol–water partition coefficient (Wildman–Crippen LogP) is 2.03. The average Bonchev–Trinajstić information content (AvgIpc) is 1.98. The van der Waals surface area contributed by atoms with Crippen LogP contribution in [0.15, 0.2) is 0 Å². The molecule has 0 saturated heterocycles. The summed E-state index contributed by atoms with van der Waals surface area (Å²) in [6.07, 6.45) is -2.18. The minimum atomic E-state index is -1.09. The standard InChI is InChI=1S/C8H14O6/c1-5-11-6(9)13-14-7(10)12-8(2,3)4/h5H2,1-4H3. The van der Waals surface area contributed by atoms with Gasteiger partial charge < -0.3 is 9.47 Å². The predicted molar refractivity (Wildman–Crippen MR) is 45.4 cm³/mol. The highest BCUT2D eigenvalue weighted by molar-refractivity contribution is 5.63. The molecule has 0 aliphatic carbocycles. The zero-order valence-corrected chi connectivity index (χ0v) is 8.66. The third-order valence-electron chi connectivity index (χ3n) is 0.829. The van der Waals surface area contributed by atoms with Crippen molar-refractivity contribution in [3.05, 3.63) is 0 Å². The van der Waals surface area contributed by atoms with Crippen LogP contribution in [0.5, 0.6) is 0 Å². The maximum Gasteiger partial charge on any atom is 0.550 e. The van der Waals surface area contributed by atoms with Gasteiger partial charge in [-0.1, -0.05) is 0 Å². The minimum Gasteiger partial charge on any atom is -0.432 e. The molecule has 0 aliphatic heterocycles. The van der Waals surface area contributed by atoms with E-state index < -0.39 is 17.9 Å². The van der Waals surface area contributed by atoms with Gasteiger partial charge in [-0.15, -0.1) is 0 Å². The van der Waals surface area contributed by atoms with Gasteiger partial charge in [-0.25, -0.2) is 0 Å². The number of rotatable bonds is 1. The summed E-state index contributed by atoms with van der Waals surface area (Å²) in [5.74, 6) is 0. The highest BCUT2D eigenvalue weighted by atomic mass is 17.3. The van der Waals surface area contributed by atoms with E-state index in [2.05, 4.69) is 19.2 Å². The second kappa shape index (κ2) is 5.31. The van der Waals surface area contributed by atoms with E-state index in [-0.39, 0.29) is 6.61 Å². The van der Waals surface area contributed by atoms with Crippen LogP contribution in [0, 0.1) is 0 Å². The second-order valence-electron chi connectivity index (χ2n) is 3.31. The van der Waals surface area contributed by atoms with Crippen LogP contribution in [0.1, 0.15) is 27.7 Å². The Morgan fingerprint density at radius 3 is 2.00 bits per heavy atom. The zero-order valence-electron chi connectivity index (χ0n) is 8.66. The first-order valence-corrected chi connectivity index (χ1v) is 4.09. The SMILES string of the molecule is CCOC(=O)OOC(=O)OC(C)(C)C. The van der Waals surface area contributed by atoms with Crippen molar-refractivity contribution < 1.29 is 28.8 Å². The van der Waals surface area contributed by atoms with Crippen LogP contribution >= 0.6 is 0 Å². The number of hydrogen-bond donors (Lipinski definition) is 0. The Bertz CT molecular complexity index is 204. The van der Waals surface area contributed by atoms with Crippen molar-refractivity contribution in [2.75, 3.05) is 6.61 Å². The lowest BCUT2D eigenvalue weighted by atomic mass is 10.2. The summed E-state index contributed by atoms with van der Waals surface area (Å²) in [6, 6.07) is 0. The summed E-state index contributed by atoms with van der Waals surface area (Å²) >= 11 is 0. The lowest BCUT2D eigenvalue weighted by Crippen LogP contribution is -2.25. The molecule has 0 atom stereocenters. The van der Waals surface area contributed by atoms with Gasteiger partial charge in [0.15, 0.2) is 0 Å². The van der Waals surface area contributed by atoms with E-state index in [9.17, 15) is 9.59 Å². The minimum absolute atomic E-state index is 0.135. The quantitative estimate of drug-likeness (QED) is 0.371. The van der Waals surface area contributed by atoms with Crippen LogP contribution in [0.25, 0.3) is 0 Å². The average molecular weight is 206 g/mol. The molecule has 6 nitrogen and oxygen atoms in total. The third-order valence-corrected chi connectivity index (χ3v) is 0.829. The number of carbonyl (C=O) groups excluding carboxylic acids is 2. The Labute approximate surface area is 82.0 Å². The van der Waals surface area contributed by atoms with Gasteiger partial charge in [0.05, 0.1) is 6.61 Å². The van der Waals surface area contributed by atoms with E-state index in [1.165, 1.54) is 0 Å². The fraction of sp³-hybridized carbons (Fsp3) is 0.750. The molecule has 0 radical (unpaired) electrons. The maximum atomic E-state index is 10.8. The van der Waals surface area contributed by atoms with E-state index >= 15 is 0 Å². The molecule has 82 valence electrons. The number of carbonyl (C=O) groups is 2. The van der Waals surface area contributed by atoms with Crippen molar-refractivity contribution in [1.82, 2.24) is 0 Å². The van der Waals surface area contributed by atoms with E-state index in [0.717, 1.165) is 0 Å². The van der Waals surface area contributed by atoms with Crippen molar-refractivity contribution in [3.63, 3.8) is 0 Å². The summed E-state index contributed by atoms with van der Waals surface area (Å²) in [5, 5.41) is 0. The molecule has 14 heavy (non-hydrogen) atoms. The number of hydrogen-bond acceptors (Lipinski definition) is 6. The van der Waals surface area contributed by atoms with Crippen LogP contribution in [0.3, 0.4) is 0 Å². The molecule has 0 aliphatic rings. The molecule has 0 amide bonds. The number of ether oxygens (including phenoxy) is 2. The summed E-state index contributed by atoms with van der Waals surface area (Å²) in [7, 11) is 0. The summed E-state index contributed by atoms with van der Waals surface area (Å²) < 4.78 is 9.00. The molecule has 0 rings (SSSR count). The molecule has 0 fully saturated rings. The van der Waals surface area contributed by atoms with Crippen LogP contribution in [0.2, 0.25) is 0 Å². The molecule has 0 saturated carbocycles. The van der Waals surface area contributed by atoms with Gasteiger partial charge in [0.2, 0.25) is 0 Å². The molecule has 0 aromatic carbocycles. The van der Waals surface area contributed by atoms with Gasteiger partial charge in [0.25, 0.3) is 0 Å². The van der Waals surface area contributed by atoms with Gasteiger partial charge in [-0.05, 0) is 27.7 Å². The lowest BCUT2D eigenvalue weighted by Gasteiger charge is -2.17. The van der Waals surface area contributed by atoms with Crippen LogP contribution in [0.4, 0.5) is 9.59 Å². The first kappa shape index (κ1) is 12.5. The Hall–Kier alpha value is -1.46. The van der Waals surface area contributed by atoms with E-state index in [1.807, 2.05) is 0 Å². The molecule has 6 heteroatoms. The monoisotopic (exact) mass is 206 g/mol. The Morgan fingerprint density at radius 2 is 1.57 bits per heavy atom. The van der Waals surface area contributed by atoms with Crippen molar-refractivity contribution in [2.45, 2.75) is 33.3 Å². The zero-order chi connectivity index (χ0) is 11.2. The van der Waals surface area contributed by atoms with Gasteiger partial charge in [0.1, 0.15) is 5.60 Å². The first-order valence-electron chi connectivity index (χ1n) is 4.09. The van der Waals surface area contributed by atoms with Gasteiger partial charge in [-0.2, -0.15) is 19.4 Å². The topological polar surface area (TPSA) is 71.1 Å². The third kappa shape index (κ3) is 7.20. The summed E-state index contributed by atoms with van der Waals surface area (Å²) in [5.41, 5.74) is -0.699. The fourth-order valence-corrected chi connectivity index (χ4v) is 0.477. The molecular weight excluding hydrogens is 192 g/mol. The van der Waals surface area contributed by atoms with Gasteiger partial charge in [0, 0.05) is 0 Å². The lowest BCUT2D eigenvalue weighted by molar-refractivity contribution is -0.224. The highest BCUT2D eigenvalue weighted by Crippen LogP contribution is 2.08. The molecule has 0 N–H and O–H groups in total.